The Hall–Kier alpha value is -5.09. The van der Waals surface area contributed by atoms with E-state index in [1.54, 1.807) is 38.1 Å². The van der Waals surface area contributed by atoms with Gasteiger partial charge in [-0.15, -0.1) is 10.2 Å². The number of carboxylic acids is 1. The number of amides is 1. The zero-order chi connectivity index (χ0) is 29.1. The van der Waals surface area contributed by atoms with Crippen LogP contribution in [0.15, 0.2) is 94.0 Å². The second kappa shape index (κ2) is 11.2. The van der Waals surface area contributed by atoms with E-state index in [4.69, 9.17) is 14.6 Å². The fraction of sp³-hybridized carbons (Fsp3) is 0.161. The van der Waals surface area contributed by atoms with Crippen LogP contribution >= 0.6 is 0 Å². The van der Waals surface area contributed by atoms with Gasteiger partial charge < -0.3 is 25.0 Å². The summed E-state index contributed by atoms with van der Waals surface area (Å²) in [5.74, 6) is -1.67. The normalized spacial score (nSPS) is 13.4. The molecule has 0 aliphatic carbocycles. The lowest BCUT2D eigenvalue weighted by molar-refractivity contribution is 0.0697. The number of carboxylic acid groups (broad SMARTS) is 1. The minimum atomic E-state index is -1.19. The fourth-order valence-electron chi connectivity index (χ4n) is 4.50. The molecule has 0 spiro atoms. The van der Waals surface area contributed by atoms with Crippen LogP contribution in [0.5, 0.6) is 0 Å². The average Bonchev–Trinajstić information content (AvgIpc) is 3.65. The number of hydrogen-bond donors (Lipinski definition) is 3. The predicted molar refractivity (Wildman–Crippen MR) is 148 cm³/mol. The minimum Gasteiger partial charge on any atom is -0.478 e. The molecule has 0 aliphatic heterocycles. The molecule has 4 N–H and O–H groups in total. The average molecular weight is 555 g/mol. The van der Waals surface area contributed by atoms with Gasteiger partial charge in [0.25, 0.3) is 5.91 Å². The van der Waals surface area contributed by atoms with E-state index in [-0.39, 0.29) is 34.5 Å². The second-order valence-corrected chi connectivity index (χ2v) is 10.0. The summed E-state index contributed by atoms with van der Waals surface area (Å²) < 4.78 is 24.9. The Morgan fingerprint density at radius 3 is 2.44 bits per heavy atom. The highest BCUT2D eigenvalue weighted by atomic mass is 19.1. The lowest BCUT2D eigenvalue weighted by Gasteiger charge is -2.20. The van der Waals surface area contributed by atoms with Crippen LogP contribution in [0.25, 0.3) is 22.8 Å². The number of furan rings is 1. The van der Waals surface area contributed by atoms with Crippen LogP contribution < -0.4 is 11.1 Å². The van der Waals surface area contributed by atoms with Crippen molar-refractivity contribution in [3.8, 4) is 22.8 Å². The first-order chi connectivity index (χ1) is 19.6. The number of rotatable bonds is 9. The summed E-state index contributed by atoms with van der Waals surface area (Å²) in [6.07, 6.45) is 1.70. The zero-order valence-corrected chi connectivity index (χ0v) is 22.3. The number of halogens is 1. The van der Waals surface area contributed by atoms with Crippen LogP contribution in [0.3, 0.4) is 0 Å². The number of carbonyl (C=O) groups excluding carboxylic acids is 1. The van der Waals surface area contributed by atoms with Gasteiger partial charge in [-0.05, 0) is 67.8 Å². The Bertz CT molecular complexity index is 1690. The molecule has 2 heterocycles. The van der Waals surface area contributed by atoms with Gasteiger partial charge in [0.15, 0.2) is 0 Å². The van der Waals surface area contributed by atoms with Crippen molar-refractivity contribution in [2.75, 3.05) is 0 Å². The van der Waals surface area contributed by atoms with Gasteiger partial charge in [-0.1, -0.05) is 42.5 Å². The molecule has 2 atom stereocenters. The van der Waals surface area contributed by atoms with E-state index in [2.05, 4.69) is 15.5 Å². The van der Waals surface area contributed by atoms with Crippen LogP contribution in [-0.2, 0) is 12.0 Å². The predicted octanol–water partition coefficient (Wildman–Crippen LogP) is 5.74. The van der Waals surface area contributed by atoms with Crippen molar-refractivity contribution in [1.82, 2.24) is 15.5 Å². The summed E-state index contributed by atoms with van der Waals surface area (Å²) in [5, 5.41) is 20.9. The van der Waals surface area contributed by atoms with Gasteiger partial charge in [-0.3, -0.25) is 4.79 Å². The maximum Gasteiger partial charge on any atom is 0.339 e. The molecule has 208 valence electrons. The molecule has 10 heteroatoms. The molecule has 2 aromatic heterocycles. The summed E-state index contributed by atoms with van der Waals surface area (Å²) in [4.78, 5) is 25.2. The van der Waals surface area contributed by atoms with Gasteiger partial charge in [-0.25, -0.2) is 9.18 Å². The van der Waals surface area contributed by atoms with Crippen molar-refractivity contribution >= 4 is 11.9 Å². The van der Waals surface area contributed by atoms with Crippen molar-refractivity contribution in [2.24, 2.45) is 5.73 Å². The third kappa shape index (κ3) is 6.07. The molecule has 0 aliphatic rings. The number of carbonyl (C=O) groups is 2. The highest BCUT2D eigenvalue weighted by molar-refractivity contribution is 5.99. The molecule has 3 aromatic carbocycles. The molecular weight excluding hydrogens is 527 g/mol. The van der Waals surface area contributed by atoms with E-state index in [1.807, 2.05) is 30.3 Å². The lowest BCUT2D eigenvalue weighted by Crippen LogP contribution is -2.35. The Kier molecular flexibility index (Phi) is 7.50. The molecule has 1 amide bonds. The minimum absolute atomic E-state index is 0.0625. The Morgan fingerprint density at radius 2 is 1.73 bits per heavy atom. The Labute approximate surface area is 234 Å². The van der Waals surface area contributed by atoms with Crippen LogP contribution in [-0.4, -0.2) is 27.2 Å². The molecule has 0 saturated carbocycles. The maximum atomic E-state index is 13.4. The highest BCUT2D eigenvalue weighted by Crippen LogP contribution is 2.32. The first-order valence-electron chi connectivity index (χ1n) is 12.8. The monoisotopic (exact) mass is 554 g/mol. The first-order valence-corrected chi connectivity index (χ1v) is 12.8. The first kappa shape index (κ1) is 27.5. The maximum absolute atomic E-state index is 13.4. The van der Waals surface area contributed by atoms with Crippen molar-refractivity contribution in [1.29, 1.82) is 0 Å². The number of nitrogens with one attached hydrogen (secondary N) is 1. The van der Waals surface area contributed by atoms with E-state index < -0.39 is 23.5 Å². The topological polar surface area (TPSA) is 144 Å². The van der Waals surface area contributed by atoms with E-state index in [0.717, 1.165) is 5.56 Å². The number of aromatic nitrogens is 2. The molecule has 0 fully saturated rings. The summed E-state index contributed by atoms with van der Waals surface area (Å²) in [7, 11) is 0. The molecule has 0 saturated heterocycles. The molecular formula is C31H27FN4O5. The number of nitrogens with zero attached hydrogens (tertiary/aromatic N) is 2. The van der Waals surface area contributed by atoms with Gasteiger partial charge in [0.1, 0.15) is 17.1 Å². The molecule has 0 bridgehead atoms. The van der Waals surface area contributed by atoms with Gasteiger partial charge in [-0.2, -0.15) is 0 Å². The quantitative estimate of drug-likeness (QED) is 0.209. The lowest BCUT2D eigenvalue weighted by atomic mass is 9.94. The van der Waals surface area contributed by atoms with Crippen molar-refractivity contribution in [3.63, 3.8) is 0 Å². The third-order valence-corrected chi connectivity index (χ3v) is 6.65. The second-order valence-electron chi connectivity index (χ2n) is 10.0. The van der Waals surface area contributed by atoms with E-state index >= 15 is 0 Å². The van der Waals surface area contributed by atoms with Crippen molar-refractivity contribution in [3.05, 3.63) is 119 Å². The van der Waals surface area contributed by atoms with E-state index in [1.165, 1.54) is 30.5 Å². The van der Waals surface area contributed by atoms with Crippen LogP contribution in [0, 0.1) is 5.82 Å². The Morgan fingerprint density at radius 1 is 1.02 bits per heavy atom. The summed E-state index contributed by atoms with van der Waals surface area (Å²) in [6.45, 7) is 3.55. The molecule has 0 unspecified atom stereocenters. The molecule has 41 heavy (non-hydrogen) atoms. The standard InChI is InChI=1S/C31H27FN4O5/c1-18(20-8-10-24(32)11-9-20)34-27(37)22-14-21(26-25(29(38)39)12-13-40-26)15-23(16-22)28-35-36-30(41-28)31(2,33)17-19-6-4-3-5-7-19/h3-16,18H,17,33H2,1-2H3,(H,34,37)(H,38,39)/t18-,31-/m1/s1. The highest BCUT2D eigenvalue weighted by Gasteiger charge is 2.29. The van der Waals surface area contributed by atoms with Crippen LogP contribution in [0.1, 0.15) is 57.6 Å². The molecule has 5 aromatic rings. The number of aromatic carboxylic acids is 1. The summed E-state index contributed by atoms with van der Waals surface area (Å²) in [6, 6.07) is 21.0. The Balaban J connectivity index is 1.51. The zero-order valence-electron chi connectivity index (χ0n) is 22.3. The van der Waals surface area contributed by atoms with E-state index in [0.29, 0.717) is 23.1 Å². The van der Waals surface area contributed by atoms with Crippen LogP contribution in [0.4, 0.5) is 4.39 Å². The van der Waals surface area contributed by atoms with Crippen molar-refractivity contribution < 1.29 is 27.9 Å². The van der Waals surface area contributed by atoms with Crippen LogP contribution in [0.2, 0.25) is 0 Å². The largest absolute Gasteiger partial charge is 0.478 e. The summed E-state index contributed by atoms with van der Waals surface area (Å²) in [5.41, 5.74) is 8.08. The molecule has 9 nitrogen and oxygen atoms in total. The van der Waals surface area contributed by atoms with Gasteiger partial charge in [0.05, 0.1) is 17.8 Å². The molecule has 0 radical (unpaired) electrons. The van der Waals surface area contributed by atoms with E-state index in [9.17, 15) is 19.1 Å². The number of hydrogen-bond acceptors (Lipinski definition) is 7. The number of benzene rings is 3. The number of nitrogens with two attached hydrogens (primary N) is 1. The van der Waals surface area contributed by atoms with Crippen molar-refractivity contribution in [2.45, 2.75) is 31.8 Å². The van der Waals surface area contributed by atoms with Gasteiger partial charge >= 0.3 is 5.97 Å². The smallest absolute Gasteiger partial charge is 0.339 e. The van der Waals surface area contributed by atoms with Gasteiger partial charge in [0.2, 0.25) is 11.8 Å². The SMILES string of the molecule is C[C@@H](NC(=O)c1cc(-c2nnc([C@](C)(N)Cc3ccccc3)o2)cc(-c2occc2C(=O)O)c1)c1ccc(F)cc1. The third-order valence-electron chi connectivity index (χ3n) is 6.65. The summed E-state index contributed by atoms with van der Waals surface area (Å²) >= 11 is 0. The molecule has 5 rings (SSSR count). The fourth-order valence-corrected chi connectivity index (χ4v) is 4.50. The van der Waals surface area contributed by atoms with Gasteiger partial charge in [0, 0.05) is 16.7 Å².